The van der Waals surface area contributed by atoms with Crippen LogP contribution in [0.2, 0.25) is 0 Å². The fraction of sp³-hybridized carbons (Fsp3) is 0.692. The summed E-state index contributed by atoms with van der Waals surface area (Å²) in [6.45, 7) is 6.48. The number of hydrogen-bond acceptors (Lipinski definition) is 6. The molecular weight excluding hydrogens is 292 g/mol. The largest absolute Gasteiger partial charge is 0.444 e. The molecule has 2 rings (SSSR count). The Balaban J connectivity index is 1.91. The van der Waals surface area contributed by atoms with Crippen molar-refractivity contribution >= 4 is 28.5 Å². The Morgan fingerprint density at radius 2 is 2.24 bits per heavy atom. The van der Waals surface area contributed by atoms with Gasteiger partial charge in [0.15, 0.2) is 0 Å². The highest BCUT2D eigenvalue weighted by Gasteiger charge is 2.31. The van der Waals surface area contributed by atoms with Crippen molar-refractivity contribution in [2.24, 2.45) is 5.92 Å². The van der Waals surface area contributed by atoms with Crippen molar-refractivity contribution in [2.75, 3.05) is 18.4 Å². The lowest BCUT2D eigenvalue weighted by Crippen LogP contribution is -2.45. The van der Waals surface area contributed by atoms with Crippen LogP contribution in [0.4, 0.5) is 9.93 Å². The molecule has 1 aromatic rings. The van der Waals surface area contributed by atoms with Crippen molar-refractivity contribution < 1.29 is 14.3 Å². The topological polar surface area (TPSA) is 84.4 Å². The van der Waals surface area contributed by atoms with E-state index in [1.54, 1.807) is 10.4 Å². The van der Waals surface area contributed by atoms with Crippen molar-refractivity contribution in [1.29, 1.82) is 0 Å². The summed E-state index contributed by atoms with van der Waals surface area (Å²) in [6, 6.07) is 0. The zero-order chi connectivity index (χ0) is 15.5. The summed E-state index contributed by atoms with van der Waals surface area (Å²) in [6.07, 6.45) is 1.17. The van der Waals surface area contributed by atoms with Crippen molar-refractivity contribution in [1.82, 2.24) is 15.1 Å². The zero-order valence-corrected chi connectivity index (χ0v) is 13.3. The summed E-state index contributed by atoms with van der Waals surface area (Å²) >= 11 is 1.27. The monoisotopic (exact) mass is 312 g/mol. The minimum atomic E-state index is -0.529. The van der Waals surface area contributed by atoms with Crippen LogP contribution < -0.4 is 5.32 Å². The van der Waals surface area contributed by atoms with Gasteiger partial charge in [0.05, 0.1) is 5.92 Å². The molecule has 0 bridgehead atoms. The molecule has 0 unspecified atom stereocenters. The van der Waals surface area contributed by atoms with Crippen molar-refractivity contribution in [3.05, 3.63) is 5.51 Å². The van der Waals surface area contributed by atoms with Crippen LogP contribution in [-0.2, 0) is 9.53 Å². The lowest BCUT2D eigenvalue weighted by Gasteiger charge is -2.33. The van der Waals surface area contributed by atoms with E-state index in [0.717, 1.165) is 12.8 Å². The molecule has 7 nitrogen and oxygen atoms in total. The van der Waals surface area contributed by atoms with Gasteiger partial charge in [-0.2, -0.15) is 0 Å². The molecule has 8 heteroatoms. The third-order valence-corrected chi connectivity index (χ3v) is 3.64. The van der Waals surface area contributed by atoms with Crippen LogP contribution in [0.3, 0.4) is 0 Å². The molecule has 0 spiro atoms. The van der Waals surface area contributed by atoms with Crippen LogP contribution in [0, 0.1) is 5.92 Å². The minimum Gasteiger partial charge on any atom is -0.444 e. The van der Waals surface area contributed by atoms with Crippen LogP contribution in [0.5, 0.6) is 0 Å². The Morgan fingerprint density at radius 3 is 2.86 bits per heavy atom. The average Bonchev–Trinajstić information content (AvgIpc) is 2.90. The van der Waals surface area contributed by atoms with Gasteiger partial charge in [-0.15, -0.1) is 10.2 Å². The van der Waals surface area contributed by atoms with Crippen molar-refractivity contribution in [2.45, 2.75) is 39.2 Å². The fourth-order valence-corrected chi connectivity index (χ4v) is 2.57. The molecule has 1 fully saturated rings. The minimum absolute atomic E-state index is 0.125. The second kappa shape index (κ2) is 6.38. The first-order valence-electron chi connectivity index (χ1n) is 6.90. The normalized spacial score (nSPS) is 19.2. The van der Waals surface area contributed by atoms with Crippen LogP contribution in [0.15, 0.2) is 5.51 Å². The van der Waals surface area contributed by atoms with E-state index >= 15 is 0 Å². The van der Waals surface area contributed by atoms with Gasteiger partial charge in [0.2, 0.25) is 11.0 Å². The molecule has 2 amide bonds. The number of nitrogens with one attached hydrogen (secondary N) is 1. The van der Waals surface area contributed by atoms with E-state index in [2.05, 4.69) is 15.5 Å². The number of anilines is 1. The number of carbonyl (C=O) groups excluding carboxylic acids is 2. The predicted octanol–water partition coefficient (Wildman–Crippen LogP) is 2.12. The van der Waals surface area contributed by atoms with Crippen LogP contribution in [0.1, 0.15) is 33.6 Å². The number of likely N-dealkylation sites (tertiary alicyclic amines) is 1. The summed E-state index contributed by atoms with van der Waals surface area (Å²) in [5.41, 5.74) is 1.03. The van der Waals surface area contributed by atoms with Gasteiger partial charge >= 0.3 is 6.09 Å². The molecule has 0 radical (unpaired) electrons. The number of ether oxygens (including phenoxy) is 1. The van der Waals surface area contributed by atoms with Gasteiger partial charge < -0.3 is 15.0 Å². The van der Waals surface area contributed by atoms with E-state index in [1.807, 2.05) is 20.8 Å². The Hall–Kier alpha value is -1.70. The van der Waals surface area contributed by atoms with Gasteiger partial charge in [0.25, 0.3) is 0 Å². The van der Waals surface area contributed by atoms with Gasteiger partial charge in [-0.1, -0.05) is 11.3 Å². The van der Waals surface area contributed by atoms with Gasteiger partial charge in [-0.05, 0) is 33.6 Å². The number of aromatic nitrogens is 2. The molecule has 1 aromatic heterocycles. The second-order valence-corrected chi connectivity index (χ2v) is 6.83. The van der Waals surface area contributed by atoms with Crippen molar-refractivity contribution in [3.8, 4) is 0 Å². The lowest BCUT2D eigenvalue weighted by molar-refractivity contribution is -0.121. The summed E-state index contributed by atoms with van der Waals surface area (Å²) < 4.78 is 5.35. The molecule has 0 aromatic carbocycles. The first kappa shape index (κ1) is 15.7. The van der Waals surface area contributed by atoms with Crippen LogP contribution in [-0.4, -0.2) is 45.8 Å². The van der Waals surface area contributed by atoms with E-state index in [9.17, 15) is 9.59 Å². The van der Waals surface area contributed by atoms with Crippen LogP contribution in [0.25, 0.3) is 0 Å². The molecule has 116 valence electrons. The SMILES string of the molecule is CC(C)(C)OC(=O)N1CCC[C@H](C(=O)Nc2nncs2)C1. The van der Waals surface area contributed by atoms with Crippen molar-refractivity contribution in [3.63, 3.8) is 0 Å². The number of rotatable bonds is 2. The summed E-state index contributed by atoms with van der Waals surface area (Å²) in [5, 5.41) is 10.7. The molecule has 0 aliphatic carbocycles. The molecule has 21 heavy (non-hydrogen) atoms. The molecular formula is C13H20N4O3S. The molecule has 1 atom stereocenters. The summed E-state index contributed by atoms with van der Waals surface area (Å²) in [5.74, 6) is -0.366. The molecule has 1 aliphatic rings. The molecule has 1 saturated heterocycles. The number of amides is 2. The number of hydrogen-bond donors (Lipinski definition) is 1. The Kier molecular flexibility index (Phi) is 4.76. The van der Waals surface area contributed by atoms with E-state index in [-0.39, 0.29) is 17.9 Å². The standard InChI is InChI=1S/C13H20N4O3S/c1-13(2,3)20-12(19)17-6-4-5-9(7-17)10(18)15-11-16-14-8-21-11/h8-9H,4-7H2,1-3H3,(H,15,16,18)/t9-/m0/s1. The van der Waals surface area contributed by atoms with Gasteiger partial charge in [-0.3, -0.25) is 4.79 Å². The maximum Gasteiger partial charge on any atom is 0.410 e. The molecule has 1 aliphatic heterocycles. The van der Waals surface area contributed by atoms with Gasteiger partial charge in [0, 0.05) is 13.1 Å². The number of nitrogens with zero attached hydrogens (tertiary/aromatic N) is 3. The lowest BCUT2D eigenvalue weighted by atomic mass is 9.97. The Morgan fingerprint density at radius 1 is 1.48 bits per heavy atom. The highest BCUT2D eigenvalue weighted by molar-refractivity contribution is 7.13. The van der Waals surface area contributed by atoms with Gasteiger partial charge in [0.1, 0.15) is 11.1 Å². The molecule has 1 N–H and O–H groups in total. The predicted molar refractivity (Wildman–Crippen MR) is 79.1 cm³/mol. The van der Waals surface area contributed by atoms with E-state index in [0.29, 0.717) is 18.2 Å². The zero-order valence-electron chi connectivity index (χ0n) is 12.5. The highest BCUT2D eigenvalue weighted by Crippen LogP contribution is 2.21. The first-order chi connectivity index (χ1) is 9.85. The highest BCUT2D eigenvalue weighted by atomic mass is 32.1. The number of carbonyl (C=O) groups is 2. The smallest absolute Gasteiger partial charge is 0.410 e. The van der Waals surface area contributed by atoms with Crippen LogP contribution >= 0.6 is 11.3 Å². The summed E-state index contributed by atoms with van der Waals surface area (Å²) in [4.78, 5) is 25.8. The van der Waals surface area contributed by atoms with E-state index in [4.69, 9.17) is 4.74 Å². The quantitative estimate of drug-likeness (QED) is 0.904. The third-order valence-electron chi connectivity index (χ3n) is 3.03. The Bertz CT molecular complexity index is 498. The van der Waals surface area contributed by atoms with E-state index in [1.165, 1.54) is 11.3 Å². The van der Waals surface area contributed by atoms with E-state index < -0.39 is 5.60 Å². The Labute approximate surface area is 127 Å². The molecule has 2 heterocycles. The third kappa shape index (κ3) is 4.66. The number of piperidine rings is 1. The second-order valence-electron chi connectivity index (χ2n) is 6.00. The average molecular weight is 312 g/mol. The maximum atomic E-state index is 12.2. The molecule has 0 saturated carbocycles. The van der Waals surface area contributed by atoms with Gasteiger partial charge in [-0.25, -0.2) is 4.79 Å². The first-order valence-corrected chi connectivity index (χ1v) is 7.78. The maximum absolute atomic E-state index is 12.2. The summed E-state index contributed by atoms with van der Waals surface area (Å²) in [7, 11) is 0. The fourth-order valence-electron chi connectivity index (χ4n) is 2.12.